The molecule has 116 valence electrons. The van der Waals surface area contributed by atoms with Crippen molar-refractivity contribution in [2.75, 3.05) is 13.1 Å². The van der Waals surface area contributed by atoms with Crippen molar-refractivity contribution in [3.05, 3.63) is 29.8 Å². The summed E-state index contributed by atoms with van der Waals surface area (Å²) in [5.41, 5.74) is 1.28. The minimum atomic E-state index is 0.230. The second-order valence-corrected chi connectivity index (χ2v) is 6.71. The highest BCUT2D eigenvalue weighted by molar-refractivity contribution is 5.33. The van der Waals surface area contributed by atoms with Gasteiger partial charge >= 0.3 is 0 Å². The van der Waals surface area contributed by atoms with Gasteiger partial charge in [0.2, 0.25) is 0 Å². The number of nitrogens with one attached hydrogen (secondary N) is 1. The number of hydrogen-bond donors (Lipinski definition) is 1. The van der Waals surface area contributed by atoms with E-state index in [-0.39, 0.29) is 6.10 Å². The minimum Gasteiger partial charge on any atom is -0.491 e. The number of hydrogen-bond acceptors (Lipinski definition) is 3. The van der Waals surface area contributed by atoms with Gasteiger partial charge in [-0.05, 0) is 58.7 Å². The van der Waals surface area contributed by atoms with Crippen molar-refractivity contribution >= 4 is 0 Å². The number of fused-ring (bicyclic) bond motifs is 1. The van der Waals surface area contributed by atoms with Crippen LogP contribution in [-0.4, -0.2) is 36.2 Å². The first-order valence-electron chi connectivity index (χ1n) is 8.44. The highest BCUT2D eigenvalue weighted by Gasteiger charge is 2.31. The Bertz CT molecular complexity index is 460. The van der Waals surface area contributed by atoms with E-state index in [1.54, 1.807) is 0 Å². The van der Waals surface area contributed by atoms with E-state index < -0.39 is 0 Å². The predicted molar refractivity (Wildman–Crippen MR) is 86.7 cm³/mol. The van der Waals surface area contributed by atoms with Crippen molar-refractivity contribution in [1.82, 2.24) is 10.2 Å². The van der Waals surface area contributed by atoms with E-state index in [4.69, 9.17) is 4.74 Å². The molecule has 0 saturated carbocycles. The zero-order chi connectivity index (χ0) is 14.7. The predicted octanol–water partition coefficient (Wildman–Crippen LogP) is 3.19. The molecule has 0 amide bonds. The lowest BCUT2D eigenvalue weighted by Crippen LogP contribution is -2.45. The summed E-state index contributed by atoms with van der Waals surface area (Å²) in [5.74, 6) is 1.03. The third-order valence-electron chi connectivity index (χ3n) is 4.74. The van der Waals surface area contributed by atoms with Gasteiger partial charge in [-0.3, -0.25) is 0 Å². The van der Waals surface area contributed by atoms with E-state index >= 15 is 0 Å². The summed E-state index contributed by atoms with van der Waals surface area (Å²) in [6.45, 7) is 7.68. The Labute approximate surface area is 128 Å². The van der Waals surface area contributed by atoms with Gasteiger partial charge in [0.1, 0.15) is 5.75 Å². The normalized spacial score (nSPS) is 26.0. The van der Waals surface area contributed by atoms with Crippen LogP contribution in [0.5, 0.6) is 5.75 Å². The molecular weight excluding hydrogens is 260 g/mol. The molecule has 1 aromatic rings. The van der Waals surface area contributed by atoms with E-state index in [1.807, 2.05) is 0 Å². The fraction of sp³-hybridized carbons (Fsp3) is 0.667. The topological polar surface area (TPSA) is 24.5 Å². The largest absolute Gasteiger partial charge is 0.491 e. The number of ether oxygens (including phenoxy) is 1. The molecule has 3 rings (SSSR count). The first-order chi connectivity index (χ1) is 10.2. The number of nitrogens with zero attached hydrogens (tertiary/aromatic N) is 1. The van der Waals surface area contributed by atoms with Gasteiger partial charge in [-0.25, -0.2) is 0 Å². The molecule has 3 heteroatoms. The smallest absolute Gasteiger partial charge is 0.124 e. The van der Waals surface area contributed by atoms with Crippen LogP contribution in [0.4, 0.5) is 0 Å². The Morgan fingerprint density at radius 2 is 2.10 bits per heavy atom. The molecule has 2 aliphatic heterocycles. The highest BCUT2D eigenvalue weighted by atomic mass is 16.5. The molecule has 2 heterocycles. The first-order valence-corrected chi connectivity index (χ1v) is 8.44. The number of para-hydroxylation sites is 1. The van der Waals surface area contributed by atoms with E-state index in [0.717, 1.165) is 18.3 Å². The SMILES string of the molecule is CC(C)Oc1ccccc1CNC1CCN2CCCC2C1. The Hall–Kier alpha value is -1.06. The second-order valence-electron chi connectivity index (χ2n) is 6.71. The maximum absolute atomic E-state index is 5.91. The molecule has 2 saturated heterocycles. The molecule has 0 aromatic heterocycles. The summed E-state index contributed by atoms with van der Waals surface area (Å²) >= 11 is 0. The van der Waals surface area contributed by atoms with Crippen molar-refractivity contribution < 1.29 is 4.74 Å². The lowest BCUT2D eigenvalue weighted by atomic mass is 9.97. The lowest BCUT2D eigenvalue weighted by Gasteiger charge is -2.35. The molecule has 1 aromatic carbocycles. The van der Waals surface area contributed by atoms with Gasteiger partial charge in [-0.1, -0.05) is 18.2 Å². The van der Waals surface area contributed by atoms with Crippen molar-refractivity contribution in [2.45, 2.75) is 64.3 Å². The summed E-state index contributed by atoms with van der Waals surface area (Å²) in [4.78, 5) is 2.67. The average Bonchev–Trinajstić information content (AvgIpc) is 2.93. The van der Waals surface area contributed by atoms with E-state index in [1.165, 1.54) is 44.3 Å². The number of benzene rings is 1. The van der Waals surface area contributed by atoms with Gasteiger partial charge in [-0.15, -0.1) is 0 Å². The Morgan fingerprint density at radius 1 is 1.24 bits per heavy atom. The second kappa shape index (κ2) is 6.80. The third kappa shape index (κ3) is 3.78. The van der Waals surface area contributed by atoms with E-state index in [9.17, 15) is 0 Å². The van der Waals surface area contributed by atoms with Crippen LogP contribution >= 0.6 is 0 Å². The molecule has 1 N–H and O–H groups in total. The van der Waals surface area contributed by atoms with E-state index in [0.29, 0.717) is 6.04 Å². The molecule has 3 nitrogen and oxygen atoms in total. The molecule has 2 unspecified atom stereocenters. The first kappa shape index (κ1) is 14.9. The maximum Gasteiger partial charge on any atom is 0.124 e. The summed E-state index contributed by atoms with van der Waals surface area (Å²) in [6, 6.07) is 9.91. The molecule has 0 aliphatic carbocycles. The van der Waals surface area contributed by atoms with Gasteiger partial charge in [-0.2, -0.15) is 0 Å². The molecule has 0 spiro atoms. The number of rotatable bonds is 5. The highest BCUT2D eigenvalue weighted by Crippen LogP contribution is 2.27. The van der Waals surface area contributed by atoms with Gasteiger partial charge in [0.05, 0.1) is 6.10 Å². The van der Waals surface area contributed by atoms with Crippen LogP contribution in [0.2, 0.25) is 0 Å². The molecule has 2 aliphatic rings. The molecule has 0 radical (unpaired) electrons. The van der Waals surface area contributed by atoms with Gasteiger partial charge in [0, 0.05) is 24.2 Å². The molecular formula is C18H28N2O. The van der Waals surface area contributed by atoms with Crippen LogP contribution in [0.25, 0.3) is 0 Å². The third-order valence-corrected chi connectivity index (χ3v) is 4.74. The van der Waals surface area contributed by atoms with Crippen molar-refractivity contribution in [3.8, 4) is 5.75 Å². The molecule has 21 heavy (non-hydrogen) atoms. The van der Waals surface area contributed by atoms with Crippen LogP contribution < -0.4 is 10.1 Å². The lowest BCUT2D eigenvalue weighted by molar-refractivity contribution is 0.166. The standard InChI is InChI=1S/C18H28N2O/c1-14(2)21-18-8-4-3-6-15(18)13-19-16-9-11-20-10-5-7-17(20)12-16/h3-4,6,8,14,16-17,19H,5,7,9-13H2,1-2H3. The quantitative estimate of drug-likeness (QED) is 0.900. The summed E-state index contributed by atoms with van der Waals surface area (Å²) in [6.07, 6.45) is 5.61. The summed E-state index contributed by atoms with van der Waals surface area (Å²) in [5, 5.41) is 3.76. The molecule has 0 bridgehead atoms. The summed E-state index contributed by atoms with van der Waals surface area (Å²) < 4.78 is 5.91. The van der Waals surface area contributed by atoms with Crippen molar-refractivity contribution in [2.24, 2.45) is 0 Å². The van der Waals surface area contributed by atoms with Crippen molar-refractivity contribution in [3.63, 3.8) is 0 Å². The average molecular weight is 288 g/mol. The minimum absolute atomic E-state index is 0.230. The van der Waals surface area contributed by atoms with Crippen LogP contribution in [0.15, 0.2) is 24.3 Å². The monoisotopic (exact) mass is 288 g/mol. The Kier molecular flexibility index (Phi) is 4.81. The van der Waals surface area contributed by atoms with Gasteiger partial charge in [0.15, 0.2) is 0 Å². The Morgan fingerprint density at radius 3 is 2.95 bits per heavy atom. The zero-order valence-electron chi connectivity index (χ0n) is 13.3. The van der Waals surface area contributed by atoms with Crippen LogP contribution in [0.3, 0.4) is 0 Å². The van der Waals surface area contributed by atoms with Crippen LogP contribution in [0, 0.1) is 0 Å². The van der Waals surface area contributed by atoms with Gasteiger partial charge < -0.3 is 15.0 Å². The number of piperidine rings is 1. The zero-order valence-corrected chi connectivity index (χ0v) is 13.3. The fourth-order valence-corrected chi connectivity index (χ4v) is 3.68. The van der Waals surface area contributed by atoms with Crippen LogP contribution in [-0.2, 0) is 6.54 Å². The maximum atomic E-state index is 5.91. The Balaban J connectivity index is 1.55. The molecule has 2 atom stereocenters. The van der Waals surface area contributed by atoms with E-state index in [2.05, 4.69) is 48.3 Å². The molecule has 2 fully saturated rings. The van der Waals surface area contributed by atoms with Crippen LogP contribution in [0.1, 0.15) is 45.1 Å². The van der Waals surface area contributed by atoms with Gasteiger partial charge in [0.25, 0.3) is 0 Å². The van der Waals surface area contributed by atoms with Crippen molar-refractivity contribution in [1.29, 1.82) is 0 Å². The summed E-state index contributed by atoms with van der Waals surface area (Å²) in [7, 11) is 0. The fourth-order valence-electron chi connectivity index (χ4n) is 3.68.